The van der Waals surface area contributed by atoms with Crippen molar-refractivity contribution in [1.82, 2.24) is 5.32 Å². The summed E-state index contributed by atoms with van der Waals surface area (Å²) >= 11 is 0. The van der Waals surface area contributed by atoms with Crippen molar-refractivity contribution in [3.05, 3.63) is 71.3 Å². The first-order valence-electron chi connectivity index (χ1n) is 8.70. The third-order valence-electron chi connectivity index (χ3n) is 4.83. The molecule has 3 rings (SSSR count). The Hall–Kier alpha value is -2.13. The maximum absolute atomic E-state index is 12.5. The van der Waals surface area contributed by atoms with Gasteiger partial charge in [-0.05, 0) is 54.9 Å². The van der Waals surface area contributed by atoms with Crippen LogP contribution in [0.2, 0.25) is 0 Å². The number of amides is 1. The van der Waals surface area contributed by atoms with Crippen molar-refractivity contribution in [2.45, 2.75) is 44.2 Å². The van der Waals surface area contributed by atoms with Crippen LogP contribution in [-0.2, 0) is 11.3 Å². The number of ether oxygens (including phenoxy) is 1. The molecule has 3 heteroatoms. The highest BCUT2D eigenvalue weighted by molar-refractivity contribution is 5.94. The molecule has 2 aromatic carbocycles. The summed E-state index contributed by atoms with van der Waals surface area (Å²) in [6.07, 6.45) is 4.36. The van der Waals surface area contributed by atoms with Crippen LogP contribution in [0.15, 0.2) is 54.6 Å². The second-order valence-electron chi connectivity index (χ2n) is 6.57. The number of hydrogen-bond donors (Lipinski definition) is 1. The lowest BCUT2D eigenvalue weighted by Crippen LogP contribution is -2.37. The maximum Gasteiger partial charge on any atom is 0.251 e. The van der Waals surface area contributed by atoms with E-state index in [1.165, 1.54) is 5.56 Å². The molecular weight excluding hydrogens is 298 g/mol. The summed E-state index contributed by atoms with van der Waals surface area (Å²) in [5.41, 5.74) is 3.17. The lowest BCUT2D eigenvalue weighted by Gasteiger charge is -2.29. The Kier molecular flexibility index (Phi) is 5.65. The fraction of sp³-hybridized carbons (Fsp3) is 0.381. The summed E-state index contributed by atoms with van der Waals surface area (Å²) in [7, 11) is 1.66. The first-order valence-corrected chi connectivity index (χ1v) is 8.70. The third-order valence-corrected chi connectivity index (χ3v) is 4.83. The Morgan fingerprint density at radius 1 is 1.04 bits per heavy atom. The molecule has 0 unspecified atom stereocenters. The normalized spacial score (nSPS) is 20.5. The van der Waals surface area contributed by atoms with Gasteiger partial charge in [-0.1, -0.05) is 42.5 Å². The van der Waals surface area contributed by atoms with Gasteiger partial charge in [0.15, 0.2) is 0 Å². The van der Waals surface area contributed by atoms with Crippen LogP contribution >= 0.6 is 0 Å². The number of methoxy groups -OCH3 is 1. The molecule has 0 atom stereocenters. The van der Waals surface area contributed by atoms with Gasteiger partial charge in [-0.25, -0.2) is 0 Å². The topological polar surface area (TPSA) is 38.3 Å². The van der Waals surface area contributed by atoms with Crippen molar-refractivity contribution < 1.29 is 9.53 Å². The average Bonchev–Trinajstić information content (AvgIpc) is 2.64. The molecule has 1 aliphatic rings. The van der Waals surface area contributed by atoms with E-state index in [0.29, 0.717) is 12.5 Å². The van der Waals surface area contributed by atoms with Crippen molar-refractivity contribution in [2.24, 2.45) is 0 Å². The molecular formula is C21H25NO2. The van der Waals surface area contributed by atoms with E-state index in [0.717, 1.165) is 36.8 Å². The van der Waals surface area contributed by atoms with Crippen molar-refractivity contribution in [3.63, 3.8) is 0 Å². The van der Waals surface area contributed by atoms with E-state index in [2.05, 4.69) is 35.6 Å². The first-order chi connectivity index (χ1) is 11.8. The van der Waals surface area contributed by atoms with Gasteiger partial charge in [-0.2, -0.15) is 0 Å². The van der Waals surface area contributed by atoms with Crippen molar-refractivity contribution in [2.75, 3.05) is 7.11 Å². The van der Waals surface area contributed by atoms with Crippen LogP contribution < -0.4 is 5.32 Å². The van der Waals surface area contributed by atoms with Gasteiger partial charge in [0, 0.05) is 18.7 Å². The zero-order chi connectivity index (χ0) is 16.8. The summed E-state index contributed by atoms with van der Waals surface area (Å²) in [6, 6.07) is 18.7. The molecule has 0 aliphatic heterocycles. The molecule has 0 bridgehead atoms. The molecule has 1 saturated carbocycles. The van der Waals surface area contributed by atoms with Gasteiger partial charge in [0.25, 0.3) is 5.91 Å². The van der Waals surface area contributed by atoms with Gasteiger partial charge in [0.1, 0.15) is 0 Å². The first kappa shape index (κ1) is 16.7. The molecule has 2 aromatic rings. The molecule has 1 fully saturated rings. The number of rotatable bonds is 5. The van der Waals surface area contributed by atoms with E-state index >= 15 is 0 Å². The van der Waals surface area contributed by atoms with Gasteiger partial charge >= 0.3 is 0 Å². The Morgan fingerprint density at radius 3 is 2.50 bits per heavy atom. The standard InChI is InChI=1S/C21H25NO2/c1-24-15-16-6-5-9-19(14-16)21(23)22-20-12-10-18(11-13-20)17-7-3-2-4-8-17/h2-9,14,18,20H,10-13,15H2,1H3,(H,22,23). The van der Waals surface area contributed by atoms with Crippen LogP contribution in [0, 0.1) is 0 Å². The van der Waals surface area contributed by atoms with E-state index in [9.17, 15) is 4.79 Å². The number of hydrogen-bond acceptors (Lipinski definition) is 2. The van der Waals surface area contributed by atoms with E-state index in [1.807, 2.05) is 24.3 Å². The number of nitrogens with one attached hydrogen (secondary N) is 1. The van der Waals surface area contributed by atoms with E-state index in [1.54, 1.807) is 7.11 Å². The highest BCUT2D eigenvalue weighted by Crippen LogP contribution is 2.32. The van der Waals surface area contributed by atoms with Crippen LogP contribution in [0.25, 0.3) is 0 Å². The molecule has 0 aromatic heterocycles. The molecule has 1 N–H and O–H groups in total. The summed E-state index contributed by atoms with van der Waals surface area (Å²) in [4.78, 5) is 12.5. The summed E-state index contributed by atoms with van der Waals surface area (Å²) in [6.45, 7) is 0.531. The summed E-state index contributed by atoms with van der Waals surface area (Å²) < 4.78 is 5.13. The Labute approximate surface area is 144 Å². The minimum atomic E-state index is 0.0242. The zero-order valence-electron chi connectivity index (χ0n) is 14.2. The lowest BCUT2D eigenvalue weighted by atomic mass is 9.82. The highest BCUT2D eigenvalue weighted by Gasteiger charge is 2.23. The predicted octanol–water partition coefficient (Wildman–Crippen LogP) is 4.29. The van der Waals surface area contributed by atoms with E-state index in [-0.39, 0.29) is 11.9 Å². The summed E-state index contributed by atoms with van der Waals surface area (Å²) in [5.74, 6) is 0.653. The monoisotopic (exact) mass is 323 g/mol. The maximum atomic E-state index is 12.5. The summed E-state index contributed by atoms with van der Waals surface area (Å²) in [5, 5.41) is 3.20. The second-order valence-corrected chi connectivity index (χ2v) is 6.57. The van der Waals surface area contributed by atoms with Gasteiger partial charge in [-0.3, -0.25) is 4.79 Å². The lowest BCUT2D eigenvalue weighted by molar-refractivity contribution is 0.0925. The van der Waals surface area contributed by atoms with E-state index in [4.69, 9.17) is 4.74 Å². The Bertz CT molecular complexity index is 661. The molecule has 0 saturated heterocycles. The van der Waals surface area contributed by atoms with Crippen LogP contribution in [-0.4, -0.2) is 19.1 Å². The molecule has 126 valence electrons. The van der Waals surface area contributed by atoms with Crippen LogP contribution in [0.1, 0.15) is 53.1 Å². The molecule has 1 amide bonds. The van der Waals surface area contributed by atoms with Crippen LogP contribution in [0.5, 0.6) is 0 Å². The van der Waals surface area contributed by atoms with E-state index < -0.39 is 0 Å². The molecule has 1 aliphatic carbocycles. The van der Waals surface area contributed by atoms with Crippen LogP contribution in [0.3, 0.4) is 0 Å². The van der Waals surface area contributed by atoms with Crippen molar-refractivity contribution >= 4 is 5.91 Å². The average molecular weight is 323 g/mol. The Balaban J connectivity index is 1.54. The number of carbonyl (C=O) groups is 1. The number of carbonyl (C=O) groups excluding carboxylic acids is 1. The fourth-order valence-corrected chi connectivity index (χ4v) is 3.53. The minimum Gasteiger partial charge on any atom is -0.380 e. The van der Waals surface area contributed by atoms with Crippen LogP contribution in [0.4, 0.5) is 0 Å². The van der Waals surface area contributed by atoms with Gasteiger partial charge in [0.2, 0.25) is 0 Å². The fourth-order valence-electron chi connectivity index (χ4n) is 3.53. The van der Waals surface area contributed by atoms with Crippen molar-refractivity contribution in [3.8, 4) is 0 Å². The van der Waals surface area contributed by atoms with Gasteiger partial charge < -0.3 is 10.1 Å². The largest absolute Gasteiger partial charge is 0.380 e. The van der Waals surface area contributed by atoms with Gasteiger partial charge in [0.05, 0.1) is 6.61 Å². The third kappa shape index (κ3) is 4.24. The molecule has 0 spiro atoms. The predicted molar refractivity (Wildman–Crippen MR) is 96.1 cm³/mol. The molecule has 24 heavy (non-hydrogen) atoms. The van der Waals surface area contributed by atoms with Crippen molar-refractivity contribution in [1.29, 1.82) is 0 Å². The van der Waals surface area contributed by atoms with Gasteiger partial charge in [-0.15, -0.1) is 0 Å². The Morgan fingerprint density at radius 2 is 1.79 bits per heavy atom. The smallest absolute Gasteiger partial charge is 0.251 e. The quantitative estimate of drug-likeness (QED) is 0.891. The second kappa shape index (κ2) is 8.11. The SMILES string of the molecule is COCc1cccc(C(=O)NC2CCC(c3ccccc3)CC2)c1. The number of benzene rings is 2. The highest BCUT2D eigenvalue weighted by atomic mass is 16.5. The molecule has 3 nitrogen and oxygen atoms in total. The minimum absolute atomic E-state index is 0.0242. The zero-order valence-corrected chi connectivity index (χ0v) is 14.2. The molecule has 0 heterocycles. The molecule has 0 radical (unpaired) electrons.